The summed E-state index contributed by atoms with van der Waals surface area (Å²) in [6, 6.07) is 0. The Morgan fingerprint density at radius 1 is 1.23 bits per heavy atom. The first-order chi connectivity index (χ1) is 6.25. The highest BCUT2D eigenvalue weighted by Crippen LogP contribution is 2.42. The Morgan fingerprint density at radius 2 is 1.92 bits per heavy atom. The van der Waals surface area contributed by atoms with Gasteiger partial charge in [-0.3, -0.25) is 0 Å². The van der Waals surface area contributed by atoms with E-state index < -0.39 is 12.2 Å². The Kier molecular flexibility index (Phi) is 2.11. The van der Waals surface area contributed by atoms with E-state index in [1.165, 1.54) is 12.5 Å². The van der Waals surface area contributed by atoms with Crippen LogP contribution in [0.1, 0.15) is 29.6 Å². The summed E-state index contributed by atoms with van der Waals surface area (Å²) in [6.07, 6.45) is 1.74. The zero-order valence-corrected chi connectivity index (χ0v) is 7.05. The van der Waals surface area contributed by atoms with E-state index in [-0.39, 0.29) is 12.5 Å². The lowest BCUT2D eigenvalue weighted by molar-refractivity contribution is 0.0113. The summed E-state index contributed by atoms with van der Waals surface area (Å²) in [5, 5.41) is 27.9. The number of hydrogen-bond donors (Lipinski definition) is 3. The Hall–Kier alpha value is -0.840. The first kappa shape index (κ1) is 8.74. The normalized spacial score (nSPS) is 32.1. The molecule has 3 atom stereocenters. The summed E-state index contributed by atoms with van der Waals surface area (Å²) in [5.41, 5.74) is 1.46. The van der Waals surface area contributed by atoms with Gasteiger partial charge in [0.05, 0.1) is 18.6 Å². The number of fused-ring (bicyclic) bond motifs is 1. The molecule has 3 unspecified atom stereocenters. The first-order valence-corrected chi connectivity index (χ1v) is 4.28. The number of furan rings is 1. The predicted molar refractivity (Wildman–Crippen MR) is 44.1 cm³/mol. The molecule has 1 aromatic rings. The first-order valence-electron chi connectivity index (χ1n) is 4.28. The van der Waals surface area contributed by atoms with Crippen LogP contribution in [-0.2, 0) is 0 Å². The van der Waals surface area contributed by atoms with Crippen molar-refractivity contribution in [3.05, 3.63) is 23.7 Å². The average Bonchev–Trinajstić information content (AvgIpc) is 2.66. The van der Waals surface area contributed by atoms with Crippen molar-refractivity contribution < 1.29 is 19.7 Å². The van der Waals surface area contributed by atoms with E-state index in [4.69, 9.17) is 9.52 Å². The van der Waals surface area contributed by atoms with Gasteiger partial charge in [0.2, 0.25) is 0 Å². The van der Waals surface area contributed by atoms with E-state index in [1.54, 1.807) is 0 Å². The van der Waals surface area contributed by atoms with Crippen LogP contribution in [-0.4, -0.2) is 28.0 Å². The van der Waals surface area contributed by atoms with Crippen LogP contribution in [0.3, 0.4) is 0 Å². The molecule has 1 aromatic heterocycles. The van der Waals surface area contributed by atoms with Crippen molar-refractivity contribution in [2.45, 2.75) is 24.5 Å². The summed E-state index contributed by atoms with van der Waals surface area (Å²) in [7, 11) is 0. The highest BCUT2D eigenvalue weighted by atomic mass is 16.3. The molecule has 0 fully saturated rings. The quantitative estimate of drug-likeness (QED) is 0.611. The van der Waals surface area contributed by atoms with Gasteiger partial charge in [0.15, 0.2) is 0 Å². The van der Waals surface area contributed by atoms with Gasteiger partial charge in [0, 0.05) is 23.7 Å². The zero-order valence-electron chi connectivity index (χ0n) is 7.05. The van der Waals surface area contributed by atoms with Crippen molar-refractivity contribution in [2.75, 3.05) is 6.61 Å². The van der Waals surface area contributed by atoms with Crippen LogP contribution in [0.25, 0.3) is 0 Å². The van der Waals surface area contributed by atoms with Crippen LogP contribution in [0.4, 0.5) is 0 Å². The van der Waals surface area contributed by atoms with Crippen molar-refractivity contribution in [1.82, 2.24) is 0 Å². The van der Waals surface area contributed by atoms with Gasteiger partial charge in [-0.25, -0.2) is 0 Å². The maximum Gasteiger partial charge on any atom is 0.109 e. The van der Waals surface area contributed by atoms with Gasteiger partial charge in [-0.1, -0.05) is 0 Å². The molecule has 0 spiro atoms. The fourth-order valence-corrected chi connectivity index (χ4v) is 1.91. The minimum atomic E-state index is -0.870. The fraction of sp³-hybridized carbons (Fsp3) is 0.556. The minimum Gasteiger partial charge on any atom is -0.472 e. The van der Waals surface area contributed by atoms with E-state index in [0.29, 0.717) is 12.0 Å². The molecule has 1 aliphatic rings. The molecule has 0 aliphatic heterocycles. The smallest absolute Gasteiger partial charge is 0.109 e. The van der Waals surface area contributed by atoms with Gasteiger partial charge in [-0.15, -0.1) is 0 Å². The second kappa shape index (κ2) is 3.14. The topological polar surface area (TPSA) is 73.8 Å². The third kappa shape index (κ3) is 1.18. The Bertz CT molecular complexity index is 294. The molecule has 2 rings (SSSR count). The second-order valence-electron chi connectivity index (χ2n) is 3.34. The molecule has 0 bridgehead atoms. The molecule has 4 nitrogen and oxygen atoms in total. The van der Waals surface area contributed by atoms with Crippen molar-refractivity contribution in [2.24, 2.45) is 0 Å². The lowest BCUT2D eigenvalue weighted by Crippen LogP contribution is -2.19. The molecule has 0 amide bonds. The van der Waals surface area contributed by atoms with Gasteiger partial charge >= 0.3 is 0 Å². The highest BCUT2D eigenvalue weighted by molar-refractivity contribution is 5.35. The molecule has 0 radical (unpaired) electrons. The lowest BCUT2D eigenvalue weighted by atomic mass is 9.98. The second-order valence-corrected chi connectivity index (χ2v) is 3.34. The van der Waals surface area contributed by atoms with E-state index >= 15 is 0 Å². The monoisotopic (exact) mass is 184 g/mol. The molecule has 0 saturated heterocycles. The summed E-state index contributed by atoms with van der Waals surface area (Å²) < 4.78 is 4.93. The van der Waals surface area contributed by atoms with Crippen molar-refractivity contribution in [1.29, 1.82) is 0 Å². The Morgan fingerprint density at radius 3 is 2.62 bits per heavy atom. The maximum absolute atomic E-state index is 9.60. The van der Waals surface area contributed by atoms with Crippen LogP contribution in [0.2, 0.25) is 0 Å². The van der Waals surface area contributed by atoms with Crippen LogP contribution < -0.4 is 0 Å². The molecule has 1 aliphatic carbocycles. The van der Waals surface area contributed by atoms with Gasteiger partial charge in [0.1, 0.15) is 6.10 Å². The van der Waals surface area contributed by atoms with E-state index in [0.717, 1.165) is 5.56 Å². The van der Waals surface area contributed by atoms with Crippen molar-refractivity contribution in [3.63, 3.8) is 0 Å². The molecule has 1 heterocycles. The van der Waals surface area contributed by atoms with E-state index in [9.17, 15) is 10.2 Å². The molecular formula is C9H12O4. The molecule has 13 heavy (non-hydrogen) atoms. The third-order valence-corrected chi connectivity index (χ3v) is 2.62. The Balaban J connectivity index is 2.31. The fourth-order valence-electron chi connectivity index (χ4n) is 1.91. The molecule has 4 heteroatoms. The third-order valence-electron chi connectivity index (χ3n) is 2.62. The van der Waals surface area contributed by atoms with Crippen molar-refractivity contribution in [3.8, 4) is 0 Å². The average molecular weight is 184 g/mol. The SMILES string of the molecule is OCCC1c2cocc2C(O)C1O. The molecular weight excluding hydrogens is 172 g/mol. The summed E-state index contributed by atoms with van der Waals surface area (Å²) in [5.74, 6) is -0.200. The van der Waals surface area contributed by atoms with Gasteiger partial charge < -0.3 is 19.7 Å². The lowest BCUT2D eigenvalue weighted by Gasteiger charge is -2.15. The van der Waals surface area contributed by atoms with Crippen LogP contribution in [0.5, 0.6) is 0 Å². The molecule has 0 saturated carbocycles. The maximum atomic E-state index is 9.60. The van der Waals surface area contributed by atoms with Crippen molar-refractivity contribution >= 4 is 0 Å². The van der Waals surface area contributed by atoms with Gasteiger partial charge in [-0.2, -0.15) is 0 Å². The highest BCUT2D eigenvalue weighted by Gasteiger charge is 2.39. The predicted octanol–water partition coefficient (Wildman–Crippen LogP) is 0.153. The largest absolute Gasteiger partial charge is 0.472 e. The summed E-state index contributed by atoms with van der Waals surface area (Å²) >= 11 is 0. The number of rotatable bonds is 2. The molecule has 72 valence electrons. The van der Waals surface area contributed by atoms with Crippen LogP contribution >= 0.6 is 0 Å². The zero-order chi connectivity index (χ0) is 9.42. The van der Waals surface area contributed by atoms with E-state index in [2.05, 4.69) is 0 Å². The van der Waals surface area contributed by atoms with Crippen LogP contribution in [0.15, 0.2) is 16.9 Å². The van der Waals surface area contributed by atoms with Gasteiger partial charge in [0.25, 0.3) is 0 Å². The van der Waals surface area contributed by atoms with Crippen LogP contribution in [0, 0.1) is 0 Å². The standard InChI is InChI=1S/C9H12O4/c10-2-1-5-6-3-13-4-7(6)9(12)8(5)11/h3-5,8-12H,1-2H2. The van der Waals surface area contributed by atoms with Gasteiger partial charge in [-0.05, 0) is 6.42 Å². The molecule has 0 aromatic carbocycles. The number of aliphatic hydroxyl groups excluding tert-OH is 3. The number of aliphatic hydroxyl groups is 3. The molecule has 3 N–H and O–H groups in total. The van der Waals surface area contributed by atoms with E-state index in [1.807, 2.05) is 0 Å². The minimum absolute atomic E-state index is 0.000926. The summed E-state index contributed by atoms with van der Waals surface area (Å²) in [6.45, 7) is -0.000926. The Labute approximate surface area is 75.4 Å². The summed E-state index contributed by atoms with van der Waals surface area (Å²) in [4.78, 5) is 0. The number of hydrogen-bond acceptors (Lipinski definition) is 4.